The first-order valence-corrected chi connectivity index (χ1v) is 7.05. The van der Waals surface area contributed by atoms with Crippen LogP contribution in [0.3, 0.4) is 0 Å². The number of carbonyl (C=O) groups excluding carboxylic acids is 1. The molecule has 19 heavy (non-hydrogen) atoms. The fraction of sp³-hybridized carbons (Fsp3) is 0.929. The van der Waals surface area contributed by atoms with Crippen LogP contribution in [0.15, 0.2) is 0 Å². The molecule has 1 saturated heterocycles. The van der Waals surface area contributed by atoms with Crippen LogP contribution in [0.1, 0.15) is 40.0 Å². The Bertz CT molecular complexity index is 326. The van der Waals surface area contributed by atoms with Gasteiger partial charge in [-0.2, -0.15) is 0 Å². The molecule has 0 spiro atoms. The normalized spacial score (nSPS) is 29.6. The molecule has 2 aliphatic rings. The largest absolute Gasteiger partial charge is 0.444 e. The van der Waals surface area contributed by atoms with Crippen LogP contribution in [0.5, 0.6) is 0 Å². The predicted octanol–water partition coefficient (Wildman–Crippen LogP) is 2.19. The van der Waals surface area contributed by atoms with Crippen molar-refractivity contribution in [3.8, 4) is 0 Å². The summed E-state index contributed by atoms with van der Waals surface area (Å²) in [4.78, 5) is 14.1. The molecular formula is C14H25NO4. The number of nitrogens with zero attached hydrogens (tertiary/aromatic N) is 1. The number of amides is 1. The molecule has 2 fully saturated rings. The highest BCUT2D eigenvalue weighted by Gasteiger charge is 2.46. The van der Waals surface area contributed by atoms with Gasteiger partial charge in [-0.3, -0.25) is 0 Å². The Hall–Kier alpha value is -0.810. The van der Waals surface area contributed by atoms with Gasteiger partial charge in [-0.25, -0.2) is 4.79 Å². The molecule has 1 amide bonds. The fourth-order valence-corrected chi connectivity index (χ4v) is 2.60. The standard InChI is InChI=1S/C14H25NO4/c1-14(2,3)19-13(16)15(7-8-17-4)10-5-6-11-12(9-10)18-11/h10-12H,5-9H2,1-4H3. The van der Waals surface area contributed by atoms with Crippen LogP contribution >= 0.6 is 0 Å². The van der Waals surface area contributed by atoms with Gasteiger partial charge in [-0.15, -0.1) is 0 Å². The highest BCUT2D eigenvalue weighted by atomic mass is 16.6. The van der Waals surface area contributed by atoms with Crippen molar-refractivity contribution in [3.05, 3.63) is 0 Å². The average molecular weight is 271 g/mol. The molecule has 0 bridgehead atoms. The highest BCUT2D eigenvalue weighted by molar-refractivity contribution is 5.68. The minimum atomic E-state index is -0.463. The minimum absolute atomic E-state index is 0.216. The second-order valence-corrected chi connectivity index (χ2v) is 6.35. The Labute approximate surface area is 115 Å². The van der Waals surface area contributed by atoms with Crippen molar-refractivity contribution in [3.63, 3.8) is 0 Å². The maximum atomic E-state index is 12.3. The van der Waals surface area contributed by atoms with Crippen LogP contribution < -0.4 is 0 Å². The van der Waals surface area contributed by atoms with E-state index in [9.17, 15) is 4.79 Å². The average Bonchev–Trinajstić information content (AvgIpc) is 3.05. The fourth-order valence-electron chi connectivity index (χ4n) is 2.60. The first kappa shape index (κ1) is 14.6. The van der Waals surface area contributed by atoms with Gasteiger partial charge in [0.2, 0.25) is 0 Å². The summed E-state index contributed by atoms with van der Waals surface area (Å²) in [6.07, 6.45) is 3.51. The third-order valence-corrected chi connectivity index (χ3v) is 3.58. The maximum Gasteiger partial charge on any atom is 0.410 e. The van der Waals surface area contributed by atoms with Gasteiger partial charge in [0, 0.05) is 19.7 Å². The molecule has 1 saturated carbocycles. The number of methoxy groups -OCH3 is 1. The quantitative estimate of drug-likeness (QED) is 0.735. The van der Waals surface area contributed by atoms with E-state index >= 15 is 0 Å². The molecule has 110 valence electrons. The predicted molar refractivity (Wildman–Crippen MR) is 71.1 cm³/mol. The van der Waals surface area contributed by atoms with Gasteiger partial charge in [0.15, 0.2) is 0 Å². The van der Waals surface area contributed by atoms with Crippen molar-refractivity contribution in [2.45, 2.75) is 63.9 Å². The van der Waals surface area contributed by atoms with Crippen LogP contribution in [-0.2, 0) is 14.2 Å². The molecule has 3 atom stereocenters. The second kappa shape index (κ2) is 5.67. The van der Waals surface area contributed by atoms with Crippen molar-refractivity contribution in [2.75, 3.05) is 20.3 Å². The summed E-state index contributed by atoms with van der Waals surface area (Å²) in [5.41, 5.74) is -0.463. The monoisotopic (exact) mass is 271 g/mol. The number of fused-ring (bicyclic) bond motifs is 1. The summed E-state index contributed by atoms with van der Waals surface area (Å²) in [5.74, 6) is 0. The molecule has 5 heteroatoms. The van der Waals surface area contributed by atoms with E-state index in [0.29, 0.717) is 25.4 Å². The van der Waals surface area contributed by atoms with Gasteiger partial charge >= 0.3 is 6.09 Å². The first-order chi connectivity index (χ1) is 8.90. The molecule has 0 N–H and O–H groups in total. The van der Waals surface area contributed by atoms with Crippen molar-refractivity contribution >= 4 is 6.09 Å². The Morgan fingerprint density at radius 2 is 2.05 bits per heavy atom. The van der Waals surface area contributed by atoms with Crippen LogP contribution in [0.2, 0.25) is 0 Å². The zero-order chi connectivity index (χ0) is 14.0. The van der Waals surface area contributed by atoms with E-state index in [1.54, 1.807) is 7.11 Å². The SMILES string of the molecule is COCCN(C(=O)OC(C)(C)C)C1CCC2OC2C1. The number of hydrogen-bond acceptors (Lipinski definition) is 4. The number of ether oxygens (including phenoxy) is 3. The molecule has 3 unspecified atom stereocenters. The third kappa shape index (κ3) is 4.08. The van der Waals surface area contributed by atoms with Crippen LogP contribution in [-0.4, -0.2) is 55.1 Å². The first-order valence-electron chi connectivity index (χ1n) is 7.05. The van der Waals surface area contributed by atoms with Gasteiger partial charge in [0.05, 0.1) is 18.8 Å². The highest BCUT2D eigenvalue weighted by Crippen LogP contribution is 2.38. The van der Waals surface area contributed by atoms with Crippen molar-refractivity contribution in [1.82, 2.24) is 4.90 Å². The van der Waals surface area contributed by atoms with Gasteiger partial charge in [-0.1, -0.05) is 0 Å². The van der Waals surface area contributed by atoms with E-state index in [1.807, 2.05) is 25.7 Å². The number of rotatable bonds is 4. The lowest BCUT2D eigenvalue weighted by molar-refractivity contribution is 0.00705. The van der Waals surface area contributed by atoms with E-state index in [0.717, 1.165) is 19.3 Å². The summed E-state index contributed by atoms with van der Waals surface area (Å²) >= 11 is 0. The van der Waals surface area contributed by atoms with E-state index < -0.39 is 5.60 Å². The van der Waals surface area contributed by atoms with Crippen LogP contribution in [0.4, 0.5) is 4.79 Å². The van der Waals surface area contributed by atoms with Gasteiger partial charge in [-0.05, 0) is 40.0 Å². The van der Waals surface area contributed by atoms with Gasteiger partial charge in [0.25, 0.3) is 0 Å². The summed E-state index contributed by atoms with van der Waals surface area (Å²) in [6, 6.07) is 0.216. The zero-order valence-electron chi connectivity index (χ0n) is 12.3. The van der Waals surface area contributed by atoms with Crippen LogP contribution in [0.25, 0.3) is 0 Å². The van der Waals surface area contributed by atoms with E-state index in [1.165, 1.54) is 0 Å². The molecule has 5 nitrogen and oxygen atoms in total. The summed E-state index contributed by atoms with van der Waals surface area (Å²) < 4.78 is 16.1. The minimum Gasteiger partial charge on any atom is -0.444 e. The number of hydrogen-bond donors (Lipinski definition) is 0. The summed E-state index contributed by atoms with van der Waals surface area (Å²) in [5, 5.41) is 0. The molecule has 1 aliphatic carbocycles. The zero-order valence-corrected chi connectivity index (χ0v) is 12.3. The lowest BCUT2D eigenvalue weighted by Gasteiger charge is -2.34. The van der Waals surface area contributed by atoms with E-state index in [4.69, 9.17) is 14.2 Å². The van der Waals surface area contributed by atoms with Crippen molar-refractivity contribution in [1.29, 1.82) is 0 Å². The molecular weight excluding hydrogens is 246 g/mol. The van der Waals surface area contributed by atoms with Crippen molar-refractivity contribution in [2.24, 2.45) is 0 Å². The van der Waals surface area contributed by atoms with Crippen molar-refractivity contribution < 1.29 is 19.0 Å². The summed E-state index contributed by atoms with van der Waals surface area (Å²) in [6.45, 7) is 6.78. The Morgan fingerprint density at radius 1 is 1.32 bits per heavy atom. The number of carbonyl (C=O) groups is 1. The molecule has 1 heterocycles. The molecule has 0 aromatic rings. The topological polar surface area (TPSA) is 51.3 Å². The van der Waals surface area contributed by atoms with E-state index in [-0.39, 0.29) is 12.1 Å². The Kier molecular flexibility index (Phi) is 4.36. The lowest BCUT2D eigenvalue weighted by Crippen LogP contribution is -2.46. The molecule has 0 aromatic carbocycles. The Balaban J connectivity index is 1.95. The maximum absolute atomic E-state index is 12.3. The smallest absolute Gasteiger partial charge is 0.410 e. The van der Waals surface area contributed by atoms with Gasteiger partial charge < -0.3 is 19.1 Å². The second-order valence-electron chi connectivity index (χ2n) is 6.35. The van der Waals surface area contributed by atoms with E-state index in [2.05, 4.69) is 0 Å². The number of epoxide rings is 1. The third-order valence-electron chi connectivity index (χ3n) is 3.58. The van der Waals surface area contributed by atoms with Crippen LogP contribution in [0, 0.1) is 0 Å². The Morgan fingerprint density at radius 3 is 2.63 bits per heavy atom. The molecule has 0 aromatic heterocycles. The lowest BCUT2D eigenvalue weighted by atomic mass is 9.94. The molecule has 1 aliphatic heterocycles. The summed E-state index contributed by atoms with van der Waals surface area (Å²) in [7, 11) is 1.65. The molecule has 2 rings (SSSR count). The van der Waals surface area contributed by atoms with Gasteiger partial charge in [0.1, 0.15) is 5.60 Å². The molecule has 0 radical (unpaired) electrons.